The third-order valence-corrected chi connectivity index (χ3v) is 2.74. The summed E-state index contributed by atoms with van der Waals surface area (Å²) in [6.45, 7) is 3.99. The molecule has 0 amide bonds. The van der Waals surface area contributed by atoms with Crippen molar-refractivity contribution < 1.29 is 27.8 Å². The molecule has 2 N–H and O–H groups in total. The molecule has 0 saturated heterocycles. The van der Waals surface area contributed by atoms with Crippen molar-refractivity contribution in [2.75, 3.05) is 13.2 Å². The third kappa shape index (κ3) is 7.37. The molecule has 0 spiro atoms. The number of aliphatic carboxylic acids is 1. The lowest BCUT2D eigenvalue weighted by Crippen LogP contribution is -2.54. The van der Waals surface area contributed by atoms with Crippen LogP contribution in [0.5, 0.6) is 0 Å². The molecule has 0 radical (unpaired) electrons. The highest BCUT2D eigenvalue weighted by atomic mass is 19.4. The predicted octanol–water partition coefficient (Wildman–Crippen LogP) is 2.58. The van der Waals surface area contributed by atoms with Crippen LogP contribution < -0.4 is 5.32 Å². The molecule has 1 unspecified atom stereocenters. The average molecular weight is 285 g/mol. The van der Waals surface area contributed by atoms with Crippen LogP contribution in [0.25, 0.3) is 0 Å². The zero-order valence-electron chi connectivity index (χ0n) is 11.5. The topological polar surface area (TPSA) is 58.6 Å². The minimum absolute atomic E-state index is 0.0212. The fourth-order valence-corrected chi connectivity index (χ4v) is 1.89. The van der Waals surface area contributed by atoms with Crippen LogP contribution in [0.15, 0.2) is 0 Å². The number of ether oxygens (including phenoxy) is 1. The molecule has 7 heteroatoms. The van der Waals surface area contributed by atoms with Crippen LogP contribution in [-0.4, -0.2) is 42.0 Å². The first-order valence-corrected chi connectivity index (χ1v) is 6.28. The first kappa shape index (κ1) is 18.2. The Kier molecular flexibility index (Phi) is 7.36. The zero-order chi connectivity index (χ0) is 15.1. The van der Waals surface area contributed by atoms with Gasteiger partial charge in [-0.2, -0.15) is 13.2 Å². The summed E-state index contributed by atoms with van der Waals surface area (Å²) in [7, 11) is 0. The number of alkyl halides is 3. The number of carbonyl (C=O) groups is 1. The molecule has 1 atom stereocenters. The lowest BCUT2D eigenvalue weighted by atomic mass is 9.89. The molecule has 0 bridgehead atoms. The minimum Gasteiger partial charge on any atom is -0.480 e. The lowest BCUT2D eigenvalue weighted by Gasteiger charge is -2.31. The quantitative estimate of drug-likeness (QED) is 0.639. The van der Waals surface area contributed by atoms with E-state index in [1.54, 1.807) is 6.92 Å². The minimum atomic E-state index is -4.34. The molecule has 0 aromatic rings. The van der Waals surface area contributed by atoms with E-state index in [4.69, 9.17) is 0 Å². The summed E-state index contributed by atoms with van der Waals surface area (Å²) < 4.78 is 40.0. The van der Waals surface area contributed by atoms with Gasteiger partial charge in [0.2, 0.25) is 0 Å². The molecular formula is C12H22F3NO3. The number of hydrogen-bond acceptors (Lipinski definition) is 3. The van der Waals surface area contributed by atoms with Crippen molar-refractivity contribution in [1.29, 1.82) is 0 Å². The largest absolute Gasteiger partial charge is 0.480 e. The highest BCUT2D eigenvalue weighted by Gasteiger charge is 2.36. The van der Waals surface area contributed by atoms with Gasteiger partial charge in [0.25, 0.3) is 0 Å². The molecule has 0 aromatic heterocycles. The number of nitrogens with one attached hydrogen (secondary N) is 1. The number of carboxylic acids is 1. The van der Waals surface area contributed by atoms with E-state index in [9.17, 15) is 23.1 Å². The Morgan fingerprint density at radius 1 is 1.37 bits per heavy atom. The third-order valence-electron chi connectivity index (χ3n) is 2.74. The van der Waals surface area contributed by atoms with Gasteiger partial charge in [-0.05, 0) is 33.1 Å². The molecule has 0 aromatic carbocycles. The Hall–Kier alpha value is -0.820. The summed E-state index contributed by atoms with van der Waals surface area (Å²) in [4.78, 5) is 11.3. The van der Waals surface area contributed by atoms with Crippen LogP contribution in [0.4, 0.5) is 13.2 Å². The molecule has 0 aliphatic rings. The second kappa shape index (κ2) is 7.69. The molecule has 0 heterocycles. The summed E-state index contributed by atoms with van der Waals surface area (Å²) >= 11 is 0. The Bertz CT molecular complexity index is 282. The first-order valence-electron chi connectivity index (χ1n) is 6.28. The van der Waals surface area contributed by atoms with Crippen molar-refractivity contribution in [2.24, 2.45) is 0 Å². The van der Waals surface area contributed by atoms with Gasteiger partial charge < -0.3 is 9.84 Å². The van der Waals surface area contributed by atoms with Crippen molar-refractivity contribution in [2.45, 2.75) is 57.8 Å². The number of hydrogen-bond donors (Lipinski definition) is 2. The molecule has 0 rings (SSSR count). The van der Waals surface area contributed by atoms with Crippen LogP contribution in [0.2, 0.25) is 0 Å². The maximum Gasteiger partial charge on any atom is 0.411 e. The summed E-state index contributed by atoms with van der Waals surface area (Å²) in [5.41, 5.74) is -1.10. The van der Waals surface area contributed by atoms with Crippen LogP contribution in [0, 0.1) is 0 Å². The smallest absolute Gasteiger partial charge is 0.411 e. The highest BCUT2D eigenvalue weighted by Crippen LogP contribution is 2.20. The predicted molar refractivity (Wildman–Crippen MR) is 65.0 cm³/mol. The number of carboxylic acid groups (broad SMARTS) is 1. The van der Waals surface area contributed by atoms with E-state index < -0.39 is 24.3 Å². The van der Waals surface area contributed by atoms with Gasteiger partial charge in [0.05, 0.1) is 0 Å². The van der Waals surface area contributed by atoms with Gasteiger partial charge in [-0.3, -0.25) is 10.1 Å². The van der Waals surface area contributed by atoms with E-state index in [1.165, 1.54) is 0 Å². The van der Waals surface area contributed by atoms with Gasteiger partial charge >= 0.3 is 12.1 Å². The lowest BCUT2D eigenvalue weighted by molar-refractivity contribution is -0.174. The van der Waals surface area contributed by atoms with E-state index in [0.29, 0.717) is 6.42 Å². The number of halogens is 3. The Labute approximate surface area is 111 Å². The maximum absolute atomic E-state index is 11.9. The highest BCUT2D eigenvalue weighted by molar-refractivity contribution is 5.78. The maximum atomic E-state index is 11.9. The van der Waals surface area contributed by atoms with Crippen molar-refractivity contribution in [1.82, 2.24) is 5.32 Å². The van der Waals surface area contributed by atoms with Gasteiger partial charge in [-0.1, -0.05) is 6.92 Å². The molecular weight excluding hydrogens is 263 g/mol. The summed E-state index contributed by atoms with van der Waals surface area (Å²) in [6, 6.07) is -0.0212. The second-order valence-corrected chi connectivity index (χ2v) is 4.81. The van der Waals surface area contributed by atoms with Gasteiger partial charge in [0, 0.05) is 12.6 Å². The van der Waals surface area contributed by atoms with Gasteiger partial charge in [-0.15, -0.1) is 0 Å². The molecule has 0 saturated carbocycles. The number of rotatable bonds is 9. The van der Waals surface area contributed by atoms with Gasteiger partial charge in [0.1, 0.15) is 12.1 Å². The fraction of sp³-hybridized carbons (Fsp3) is 0.917. The summed E-state index contributed by atoms with van der Waals surface area (Å²) in [5.74, 6) is -0.987. The van der Waals surface area contributed by atoms with Crippen LogP contribution in [0.1, 0.15) is 40.0 Å². The van der Waals surface area contributed by atoms with E-state index in [-0.39, 0.29) is 25.5 Å². The Morgan fingerprint density at radius 2 is 1.95 bits per heavy atom. The van der Waals surface area contributed by atoms with Crippen molar-refractivity contribution in [3.8, 4) is 0 Å². The fourth-order valence-electron chi connectivity index (χ4n) is 1.89. The molecule has 19 heavy (non-hydrogen) atoms. The van der Waals surface area contributed by atoms with E-state index in [1.807, 2.05) is 13.8 Å². The van der Waals surface area contributed by atoms with Gasteiger partial charge in [-0.25, -0.2) is 0 Å². The zero-order valence-corrected chi connectivity index (χ0v) is 11.5. The average Bonchev–Trinajstić information content (AvgIpc) is 2.24. The van der Waals surface area contributed by atoms with Crippen LogP contribution in [0.3, 0.4) is 0 Å². The molecule has 0 aliphatic carbocycles. The van der Waals surface area contributed by atoms with Crippen molar-refractivity contribution in [3.05, 3.63) is 0 Å². The second-order valence-electron chi connectivity index (χ2n) is 4.81. The van der Waals surface area contributed by atoms with E-state index in [2.05, 4.69) is 10.1 Å². The Morgan fingerprint density at radius 3 is 2.32 bits per heavy atom. The van der Waals surface area contributed by atoms with Crippen molar-refractivity contribution in [3.63, 3.8) is 0 Å². The first-order chi connectivity index (χ1) is 8.63. The van der Waals surface area contributed by atoms with E-state index >= 15 is 0 Å². The molecule has 0 aliphatic heterocycles. The Balaban J connectivity index is 4.24. The summed E-state index contributed by atoms with van der Waals surface area (Å²) in [5, 5.41) is 12.2. The monoisotopic (exact) mass is 285 g/mol. The SMILES string of the molecule is CCC(CCCOCC(F)(F)F)(NC(C)C)C(=O)O. The standard InChI is InChI=1S/C12H22F3NO3/c1-4-11(10(17)18,16-9(2)3)6-5-7-19-8-12(13,14)15/h9,16H,4-8H2,1-3H3,(H,17,18). The van der Waals surface area contributed by atoms with Gasteiger partial charge in [0.15, 0.2) is 0 Å². The molecule has 114 valence electrons. The normalized spacial score (nSPS) is 15.5. The van der Waals surface area contributed by atoms with Crippen LogP contribution >= 0.6 is 0 Å². The van der Waals surface area contributed by atoms with Crippen molar-refractivity contribution >= 4 is 5.97 Å². The van der Waals surface area contributed by atoms with Crippen LogP contribution in [-0.2, 0) is 9.53 Å². The molecule has 4 nitrogen and oxygen atoms in total. The van der Waals surface area contributed by atoms with E-state index in [0.717, 1.165) is 0 Å². The summed E-state index contributed by atoms with van der Waals surface area (Å²) in [6.07, 6.45) is -3.49. The molecule has 0 fully saturated rings.